The van der Waals surface area contributed by atoms with Gasteiger partial charge < -0.3 is 18.9 Å². The van der Waals surface area contributed by atoms with Gasteiger partial charge in [0.1, 0.15) is 5.75 Å². The Morgan fingerprint density at radius 2 is 1.41 bits per heavy atom. The minimum Gasteiger partial charge on any atom is -0.423 e. The fourth-order valence-corrected chi connectivity index (χ4v) is 3.89. The average Bonchev–Trinajstić information content (AvgIpc) is 2.97. The van der Waals surface area contributed by atoms with Gasteiger partial charge in [0.25, 0.3) is 0 Å². The first-order valence-corrected chi connectivity index (χ1v) is 13.5. The average molecular weight is 557 g/mol. The fraction of sp³-hybridized carbons (Fsp3) is 0.265. The third kappa shape index (κ3) is 9.29. The molecule has 0 atom stereocenters. The van der Waals surface area contributed by atoms with Crippen LogP contribution < -0.4 is 14.2 Å². The van der Waals surface area contributed by atoms with Crippen molar-refractivity contribution in [3.8, 4) is 28.4 Å². The van der Waals surface area contributed by atoms with E-state index in [1.165, 1.54) is 33.3 Å². The summed E-state index contributed by atoms with van der Waals surface area (Å²) in [7, 11) is 1.47. The number of methoxy groups -OCH3 is 1. The summed E-state index contributed by atoms with van der Waals surface area (Å²) in [5, 5.41) is 0. The number of benzene rings is 3. The SMILES string of the molecule is C=C(C)C(=O)Oc1ccc(-c2ccc(OC(=O)C(=C)COC)cc2)cc1OC(=O)c1ccc(CCCCCC)cc1. The standard InChI is InChI=1S/C34H36O7/c1-6-7-8-9-10-25-11-13-27(14-12-25)34(37)41-31-21-28(17-20-30(31)40-32(35)23(2)3)26-15-18-29(19-16-26)39-33(36)24(4)22-38-5/h11-21H,2,4,6-10,22H2,1,3,5H3. The van der Waals surface area contributed by atoms with E-state index in [1.54, 1.807) is 54.6 Å². The molecule has 7 nitrogen and oxygen atoms in total. The summed E-state index contributed by atoms with van der Waals surface area (Å²) in [4.78, 5) is 37.4. The molecule has 0 heterocycles. The molecule has 3 aromatic carbocycles. The minimum atomic E-state index is -0.635. The highest BCUT2D eigenvalue weighted by Crippen LogP contribution is 2.34. The summed E-state index contributed by atoms with van der Waals surface area (Å²) in [5.41, 5.74) is 3.39. The first kappa shape index (κ1) is 31.0. The number of hydrogen-bond donors (Lipinski definition) is 0. The maximum atomic E-state index is 13.0. The van der Waals surface area contributed by atoms with Crippen molar-refractivity contribution in [1.29, 1.82) is 0 Å². The zero-order chi connectivity index (χ0) is 29.8. The van der Waals surface area contributed by atoms with Gasteiger partial charge in [0.15, 0.2) is 11.5 Å². The van der Waals surface area contributed by atoms with Crippen LogP contribution in [0.5, 0.6) is 17.2 Å². The molecule has 0 aliphatic rings. The number of unbranched alkanes of at least 4 members (excludes halogenated alkanes) is 3. The molecule has 0 saturated heterocycles. The molecule has 3 aromatic rings. The molecule has 0 saturated carbocycles. The lowest BCUT2D eigenvalue weighted by atomic mass is 10.0. The van der Waals surface area contributed by atoms with Gasteiger partial charge in [-0.05, 0) is 72.9 Å². The van der Waals surface area contributed by atoms with Gasteiger partial charge in [-0.25, -0.2) is 14.4 Å². The molecule has 0 bridgehead atoms. The number of esters is 3. The van der Waals surface area contributed by atoms with Crippen molar-refractivity contribution in [2.75, 3.05) is 13.7 Å². The van der Waals surface area contributed by atoms with E-state index in [0.717, 1.165) is 24.0 Å². The van der Waals surface area contributed by atoms with Gasteiger partial charge in [-0.2, -0.15) is 0 Å². The third-order valence-corrected chi connectivity index (χ3v) is 6.21. The van der Waals surface area contributed by atoms with Gasteiger partial charge in [-0.1, -0.05) is 69.7 Å². The zero-order valence-corrected chi connectivity index (χ0v) is 23.9. The lowest BCUT2D eigenvalue weighted by Crippen LogP contribution is -2.13. The lowest BCUT2D eigenvalue weighted by molar-refractivity contribution is -0.131. The molecular formula is C34H36O7. The Hall–Kier alpha value is -4.49. The van der Waals surface area contributed by atoms with Crippen molar-refractivity contribution >= 4 is 17.9 Å². The van der Waals surface area contributed by atoms with Crippen LogP contribution >= 0.6 is 0 Å². The molecule has 0 spiro atoms. The van der Waals surface area contributed by atoms with E-state index in [2.05, 4.69) is 20.1 Å². The highest BCUT2D eigenvalue weighted by atomic mass is 16.6. The molecule has 0 unspecified atom stereocenters. The number of carbonyl (C=O) groups is 3. The molecular weight excluding hydrogens is 520 g/mol. The van der Waals surface area contributed by atoms with Crippen LogP contribution in [0, 0.1) is 0 Å². The Morgan fingerprint density at radius 1 is 0.732 bits per heavy atom. The van der Waals surface area contributed by atoms with E-state index < -0.39 is 17.9 Å². The normalized spacial score (nSPS) is 10.5. The van der Waals surface area contributed by atoms with Gasteiger partial charge in [0.05, 0.1) is 17.7 Å². The number of rotatable bonds is 14. The van der Waals surface area contributed by atoms with Crippen LogP contribution in [0.3, 0.4) is 0 Å². The van der Waals surface area contributed by atoms with Crippen molar-refractivity contribution in [3.63, 3.8) is 0 Å². The summed E-state index contributed by atoms with van der Waals surface area (Å²) in [6, 6.07) is 19.0. The molecule has 0 amide bonds. The Labute approximate surface area is 241 Å². The highest BCUT2D eigenvalue weighted by molar-refractivity contribution is 5.93. The summed E-state index contributed by atoms with van der Waals surface area (Å²) < 4.78 is 21.4. The second-order valence-corrected chi connectivity index (χ2v) is 9.68. The van der Waals surface area contributed by atoms with Gasteiger partial charge in [0.2, 0.25) is 0 Å². The first-order chi connectivity index (χ1) is 19.7. The molecule has 41 heavy (non-hydrogen) atoms. The summed E-state index contributed by atoms with van der Waals surface area (Å²) >= 11 is 0. The topological polar surface area (TPSA) is 88.1 Å². The van der Waals surface area contributed by atoms with Crippen molar-refractivity contribution in [2.24, 2.45) is 0 Å². The molecule has 0 aliphatic heterocycles. The van der Waals surface area contributed by atoms with Crippen LogP contribution in [-0.4, -0.2) is 31.6 Å². The zero-order valence-electron chi connectivity index (χ0n) is 23.9. The maximum Gasteiger partial charge on any atom is 0.343 e. The number of ether oxygens (including phenoxy) is 4. The van der Waals surface area contributed by atoms with Crippen LogP contribution in [0.15, 0.2) is 91.0 Å². The van der Waals surface area contributed by atoms with Gasteiger partial charge in [-0.3, -0.25) is 0 Å². The van der Waals surface area contributed by atoms with E-state index in [-0.39, 0.29) is 29.3 Å². The fourth-order valence-electron chi connectivity index (χ4n) is 3.89. The van der Waals surface area contributed by atoms with E-state index in [9.17, 15) is 14.4 Å². The molecule has 0 aliphatic carbocycles. The Kier molecular flexibility index (Phi) is 11.6. The molecule has 0 aromatic heterocycles. The summed E-state index contributed by atoms with van der Waals surface area (Å²) in [6.45, 7) is 11.0. The van der Waals surface area contributed by atoms with Gasteiger partial charge in [0, 0.05) is 12.7 Å². The predicted molar refractivity (Wildman–Crippen MR) is 158 cm³/mol. The predicted octanol–water partition coefficient (Wildman–Crippen LogP) is 7.29. The van der Waals surface area contributed by atoms with Crippen LogP contribution in [0.4, 0.5) is 0 Å². The van der Waals surface area contributed by atoms with Crippen LogP contribution in [0.1, 0.15) is 55.5 Å². The molecule has 7 heteroatoms. The van der Waals surface area contributed by atoms with E-state index in [4.69, 9.17) is 18.9 Å². The summed E-state index contributed by atoms with van der Waals surface area (Å²) in [6.07, 6.45) is 5.64. The van der Waals surface area contributed by atoms with E-state index >= 15 is 0 Å². The van der Waals surface area contributed by atoms with Crippen LogP contribution in [-0.2, 0) is 20.7 Å². The van der Waals surface area contributed by atoms with Crippen LogP contribution in [0.25, 0.3) is 11.1 Å². The highest BCUT2D eigenvalue weighted by Gasteiger charge is 2.17. The molecule has 0 N–H and O–H groups in total. The Morgan fingerprint density at radius 3 is 2.05 bits per heavy atom. The van der Waals surface area contributed by atoms with E-state index in [1.807, 2.05) is 12.1 Å². The second-order valence-electron chi connectivity index (χ2n) is 9.68. The number of carbonyl (C=O) groups excluding carboxylic acids is 3. The third-order valence-electron chi connectivity index (χ3n) is 6.21. The lowest BCUT2D eigenvalue weighted by Gasteiger charge is -2.13. The Bertz CT molecular complexity index is 1390. The van der Waals surface area contributed by atoms with Crippen LogP contribution in [0.2, 0.25) is 0 Å². The van der Waals surface area contributed by atoms with Crippen molar-refractivity contribution < 1.29 is 33.3 Å². The van der Waals surface area contributed by atoms with E-state index in [0.29, 0.717) is 16.9 Å². The molecule has 3 rings (SSSR count). The first-order valence-electron chi connectivity index (χ1n) is 13.5. The van der Waals surface area contributed by atoms with Crippen molar-refractivity contribution in [3.05, 3.63) is 102 Å². The smallest absolute Gasteiger partial charge is 0.343 e. The summed E-state index contributed by atoms with van der Waals surface area (Å²) in [5.74, 6) is -1.29. The molecule has 0 radical (unpaired) electrons. The van der Waals surface area contributed by atoms with Gasteiger partial charge in [-0.15, -0.1) is 0 Å². The minimum absolute atomic E-state index is 0.0733. The van der Waals surface area contributed by atoms with Crippen molar-refractivity contribution in [1.82, 2.24) is 0 Å². The van der Waals surface area contributed by atoms with Crippen molar-refractivity contribution in [2.45, 2.75) is 46.0 Å². The monoisotopic (exact) mass is 556 g/mol. The number of aryl methyl sites for hydroxylation is 1. The largest absolute Gasteiger partial charge is 0.423 e. The quantitative estimate of drug-likeness (QED) is 0.0892. The molecule has 0 fully saturated rings. The second kappa shape index (κ2) is 15.3. The number of hydrogen-bond acceptors (Lipinski definition) is 7. The maximum absolute atomic E-state index is 13.0. The Balaban J connectivity index is 1.80. The van der Waals surface area contributed by atoms with Gasteiger partial charge >= 0.3 is 17.9 Å². The molecule has 214 valence electrons.